The quantitative estimate of drug-likeness (QED) is 0.0222. The third-order valence-electron chi connectivity index (χ3n) is 17.5. The molecule has 0 aromatic carbocycles. The molecular weight excluding hydrogens is 1210 g/mol. The van der Waals surface area contributed by atoms with Gasteiger partial charge in [0.05, 0.1) is 26.4 Å². The Labute approximate surface area is 562 Å². The normalized spacial score (nSPS) is 14.8. The van der Waals surface area contributed by atoms with Gasteiger partial charge in [-0.05, 0) is 49.4 Å². The highest BCUT2D eigenvalue weighted by Gasteiger charge is 2.30. The first-order valence-corrected chi connectivity index (χ1v) is 40.8. The summed E-state index contributed by atoms with van der Waals surface area (Å²) in [7, 11) is -9.91. The molecule has 0 aliphatic rings. The van der Waals surface area contributed by atoms with E-state index in [1.165, 1.54) is 154 Å². The minimum atomic E-state index is -4.95. The summed E-state index contributed by atoms with van der Waals surface area (Å²) in [5.41, 5.74) is 0. The topological polar surface area (TPSA) is 237 Å². The fourth-order valence-electron chi connectivity index (χ4n) is 11.0. The lowest BCUT2D eigenvalue weighted by Gasteiger charge is -2.21. The molecule has 546 valence electrons. The van der Waals surface area contributed by atoms with Gasteiger partial charge in [0.25, 0.3) is 0 Å². The van der Waals surface area contributed by atoms with E-state index in [0.29, 0.717) is 31.6 Å². The van der Waals surface area contributed by atoms with E-state index in [0.717, 1.165) is 120 Å². The summed E-state index contributed by atoms with van der Waals surface area (Å²) >= 11 is 0. The average Bonchev–Trinajstić information content (AvgIpc) is 1.55. The molecule has 7 atom stereocenters. The number of carbonyl (C=O) groups is 4. The third kappa shape index (κ3) is 64.1. The Morgan fingerprint density at radius 3 is 0.772 bits per heavy atom. The Hall–Kier alpha value is -1.94. The van der Waals surface area contributed by atoms with Gasteiger partial charge in [-0.1, -0.05) is 312 Å². The van der Waals surface area contributed by atoms with E-state index in [1.54, 1.807) is 0 Å². The average molecular weight is 1350 g/mol. The maximum absolute atomic E-state index is 13.0. The van der Waals surface area contributed by atoms with Gasteiger partial charge in [-0.2, -0.15) is 0 Å². The fraction of sp³-hybridized carbons (Fsp3) is 0.945. The number of phosphoric ester groups is 2. The summed E-state index contributed by atoms with van der Waals surface area (Å²) in [6.45, 7) is 14.1. The first-order chi connectivity index (χ1) is 44.2. The lowest BCUT2D eigenvalue weighted by molar-refractivity contribution is -0.161. The highest BCUT2D eigenvalue weighted by atomic mass is 31.2. The van der Waals surface area contributed by atoms with Crippen LogP contribution in [0.4, 0.5) is 0 Å². The number of carbonyl (C=O) groups excluding carboxylic acids is 4. The molecule has 4 unspecified atom stereocenters. The molecule has 0 aliphatic heterocycles. The van der Waals surface area contributed by atoms with E-state index in [2.05, 4.69) is 55.4 Å². The maximum atomic E-state index is 13.0. The lowest BCUT2D eigenvalue weighted by atomic mass is 9.99. The van der Waals surface area contributed by atoms with Crippen LogP contribution in [0.3, 0.4) is 0 Å². The highest BCUT2D eigenvalue weighted by Crippen LogP contribution is 2.45. The smallest absolute Gasteiger partial charge is 0.462 e. The van der Waals surface area contributed by atoms with Gasteiger partial charge in [0.2, 0.25) is 0 Å². The molecule has 3 N–H and O–H groups in total. The summed E-state index contributed by atoms with van der Waals surface area (Å²) in [4.78, 5) is 72.6. The van der Waals surface area contributed by atoms with Gasteiger partial charge in [0.1, 0.15) is 19.3 Å². The SMILES string of the molecule is CCC(C)CCCCCCCCCCCCCCCCC(=O)O[C@H](COC(=O)CCCCCCCCC(C)CC)COP(=O)(O)OC[C@H](O)COP(=O)(O)OC[C@@H](COC(=O)CCCCCCCCCC(C)C)OC(=O)CCCCCCCCCCCCCC(C)C. The number of hydrogen-bond donors (Lipinski definition) is 3. The highest BCUT2D eigenvalue weighted by molar-refractivity contribution is 7.47. The Bertz CT molecular complexity index is 1820. The molecule has 0 saturated heterocycles. The number of rotatable bonds is 70. The van der Waals surface area contributed by atoms with Gasteiger partial charge in [-0.3, -0.25) is 37.3 Å². The van der Waals surface area contributed by atoms with E-state index in [1.807, 2.05) is 0 Å². The van der Waals surface area contributed by atoms with Gasteiger partial charge >= 0.3 is 39.5 Å². The van der Waals surface area contributed by atoms with Crippen molar-refractivity contribution < 1.29 is 80.2 Å². The first kappa shape index (κ1) is 90.1. The van der Waals surface area contributed by atoms with Crippen LogP contribution in [-0.2, 0) is 65.4 Å². The molecule has 0 aliphatic carbocycles. The van der Waals surface area contributed by atoms with Crippen LogP contribution in [0.15, 0.2) is 0 Å². The second-order valence-electron chi connectivity index (χ2n) is 27.8. The van der Waals surface area contributed by atoms with Crippen molar-refractivity contribution in [1.82, 2.24) is 0 Å². The molecule has 0 aromatic rings. The van der Waals surface area contributed by atoms with E-state index in [9.17, 15) is 43.2 Å². The molecular formula is C73H142O17P2. The zero-order chi connectivity index (χ0) is 68.2. The summed E-state index contributed by atoms with van der Waals surface area (Å²) in [6.07, 6.45) is 45.9. The molecule has 0 bridgehead atoms. The van der Waals surface area contributed by atoms with Crippen molar-refractivity contribution in [3.63, 3.8) is 0 Å². The van der Waals surface area contributed by atoms with Crippen LogP contribution in [0.5, 0.6) is 0 Å². The van der Waals surface area contributed by atoms with Crippen LogP contribution in [0.1, 0.15) is 364 Å². The molecule has 0 spiro atoms. The summed E-state index contributed by atoms with van der Waals surface area (Å²) in [5.74, 6) is 0.920. The molecule has 0 heterocycles. The summed E-state index contributed by atoms with van der Waals surface area (Å²) in [6, 6.07) is 0. The van der Waals surface area contributed by atoms with Crippen LogP contribution in [0.25, 0.3) is 0 Å². The predicted octanol–water partition coefficient (Wildman–Crippen LogP) is 20.9. The number of phosphoric acid groups is 2. The number of ether oxygens (including phenoxy) is 4. The van der Waals surface area contributed by atoms with Crippen LogP contribution in [0, 0.1) is 23.7 Å². The molecule has 0 aromatic heterocycles. The second kappa shape index (κ2) is 62.6. The molecule has 0 saturated carbocycles. The van der Waals surface area contributed by atoms with Crippen molar-refractivity contribution in [3.8, 4) is 0 Å². The van der Waals surface area contributed by atoms with Crippen LogP contribution < -0.4 is 0 Å². The van der Waals surface area contributed by atoms with E-state index < -0.39 is 97.5 Å². The van der Waals surface area contributed by atoms with E-state index >= 15 is 0 Å². The summed E-state index contributed by atoms with van der Waals surface area (Å²) < 4.78 is 68.4. The molecule has 92 heavy (non-hydrogen) atoms. The monoisotopic (exact) mass is 1350 g/mol. The minimum absolute atomic E-state index is 0.105. The van der Waals surface area contributed by atoms with E-state index in [4.69, 9.17) is 37.0 Å². The van der Waals surface area contributed by atoms with Gasteiger partial charge < -0.3 is 33.8 Å². The number of hydrogen-bond acceptors (Lipinski definition) is 15. The zero-order valence-corrected chi connectivity index (χ0v) is 62.0. The Kier molecular flexibility index (Phi) is 61.3. The molecule has 0 radical (unpaired) electrons. The lowest BCUT2D eigenvalue weighted by Crippen LogP contribution is -2.30. The van der Waals surface area contributed by atoms with Crippen molar-refractivity contribution in [1.29, 1.82) is 0 Å². The largest absolute Gasteiger partial charge is 0.472 e. The Balaban J connectivity index is 5.23. The van der Waals surface area contributed by atoms with Crippen LogP contribution in [-0.4, -0.2) is 96.7 Å². The fourth-order valence-corrected chi connectivity index (χ4v) is 12.5. The molecule has 0 amide bonds. The van der Waals surface area contributed by atoms with Crippen molar-refractivity contribution >= 4 is 39.5 Å². The Morgan fingerprint density at radius 1 is 0.304 bits per heavy atom. The van der Waals surface area contributed by atoms with E-state index in [-0.39, 0.29) is 25.7 Å². The number of aliphatic hydroxyl groups excluding tert-OH is 1. The maximum Gasteiger partial charge on any atom is 0.472 e. The standard InChI is InChI=1S/C73H142O17P2/c1-9-65(7)51-43-35-27-21-17-13-11-12-14-18-22-28-39-47-55-72(77)90-69(60-84-71(76)54-46-38-32-31-36-44-52-66(8)10-2)62-88-92(81,82)86-58-67(74)57-85-91(79,80)87-61-68(59-83-70(75)53-45-37-30-24-26-34-42-50-64(5)6)89-73(78)56-48-40-29-23-19-15-16-20-25-33-41-49-63(3)4/h63-69,74H,9-62H2,1-8H3,(H,79,80)(H,81,82)/t65?,66?,67-,68-,69-/m1/s1. The van der Waals surface area contributed by atoms with Gasteiger partial charge in [-0.15, -0.1) is 0 Å². The van der Waals surface area contributed by atoms with Gasteiger partial charge in [0, 0.05) is 25.7 Å². The van der Waals surface area contributed by atoms with Crippen molar-refractivity contribution in [3.05, 3.63) is 0 Å². The first-order valence-electron chi connectivity index (χ1n) is 37.8. The molecule has 17 nitrogen and oxygen atoms in total. The van der Waals surface area contributed by atoms with Crippen molar-refractivity contribution in [2.45, 2.75) is 382 Å². The van der Waals surface area contributed by atoms with Crippen molar-refractivity contribution in [2.75, 3.05) is 39.6 Å². The van der Waals surface area contributed by atoms with Crippen LogP contribution >= 0.6 is 15.6 Å². The number of unbranched alkanes of at least 4 members (excludes halogenated alkanes) is 34. The minimum Gasteiger partial charge on any atom is -0.462 e. The zero-order valence-electron chi connectivity index (χ0n) is 60.2. The number of aliphatic hydroxyl groups is 1. The molecule has 19 heteroatoms. The molecule has 0 fully saturated rings. The summed E-state index contributed by atoms with van der Waals surface area (Å²) in [5, 5.41) is 10.6. The van der Waals surface area contributed by atoms with Gasteiger partial charge in [0.15, 0.2) is 12.2 Å². The van der Waals surface area contributed by atoms with Crippen LogP contribution in [0.2, 0.25) is 0 Å². The Morgan fingerprint density at radius 2 is 0.522 bits per heavy atom. The second-order valence-corrected chi connectivity index (χ2v) is 30.7. The number of esters is 4. The van der Waals surface area contributed by atoms with Gasteiger partial charge in [-0.25, -0.2) is 9.13 Å². The third-order valence-corrected chi connectivity index (χ3v) is 19.4. The van der Waals surface area contributed by atoms with Crippen molar-refractivity contribution in [2.24, 2.45) is 23.7 Å². The molecule has 0 rings (SSSR count). The predicted molar refractivity (Wildman–Crippen MR) is 372 cm³/mol.